The summed E-state index contributed by atoms with van der Waals surface area (Å²) in [5.41, 5.74) is 11.4. The van der Waals surface area contributed by atoms with E-state index in [2.05, 4.69) is 14.8 Å². The molecule has 0 aliphatic carbocycles. The van der Waals surface area contributed by atoms with Crippen molar-refractivity contribution in [3.05, 3.63) is 81.7 Å². The lowest BCUT2D eigenvalue weighted by Gasteiger charge is -2.12. The van der Waals surface area contributed by atoms with Crippen LogP contribution in [-0.4, -0.2) is 13.1 Å². The lowest BCUT2D eigenvalue weighted by atomic mass is 9.98. The van der Waals surface area contributed by atoms with Gasteiger partial charge in [0.1, 0.15) is 0 Å². The van der Waals surface area contributed by atoms with Crippen molar-refractivity contribution in [1.29, 1.82) is 0 Å². The van der Waals surface area contributed by atoms with E-state index in [0.717, 1.165) is 16.7 Å². The Kier molecular flexibility index (Phi) is 4.96. The van der Waals surface area contributed by atoms with E-state index in [9.17, 15) is 4.79 Å². The van der Waals surface area contributed by atoms with Crippen LogP contribution in [-0.2, 0) is 16.0 Å². The monoisotopic (exact) mass is 281 g/mol. The zero-order valence-electron chi connectivity index (χ0n) is 11.6. The van der Waals surface area contributed by atoms with Gasteiger partial charge in [-0.15, -0.1) is 0 Å². The molecule has 2 aromatic rings. The van der Waals surface area contributed by atoms with Gasteiger partial charge in [0.2, 0.25) is 0 Å². The number of hydrogen-bond acceptors (Lipinski definition) is 3. The highest BCUT2D eigenvalue weighted by atomic mass is 16.5. The van der Waals surface area contributed by atoms with Crippen LogP contribution in [0, 0.1) is 0 Å². The van der Waals surface area contributed by atoms with E-state index in [1.165, 1.54) is 7.11 Å². The maximum absolute atomic E-state index is 11.2. The van der Waals surface area contributed by atoms with Gasteiger partial charge in [-0.05, 0) is 22.2 Å². The van der Waals surface area contributed by atoms with Crippen LogP contribution in [0.1, 0.15) is 22.7 Å². The van der Waals surface area contributed by atoms with Gasteiger partial charge in [0.05, 0.1) is 19.6 Å². The van der Waals surface area contributed by atoms with Crippen molar-refractivity contribution in [2.75, 3.05) is 7.11 Å². The minimum atomic E-state index is -0.372. The molecule has 1 unspecified atom stereocenters. The van der Waals surface area contributed by atoms with E-state index in [1.54, 1.807) is 0 Å². The first kappa shape index (κ1) is 14.6. The van der Waals surface area contributed by atoms with Crippen LogP contribution in [0.2, 0.25) is 0 Å². The summed E-state index contributed by atoms with van der Waals surface area (Å²) in [4.78, 5) is 14.2. The number of carbonyl (C=O) groups excluding carboxylic acids is 1. The molecule has 0 saturated heterocycles. The number of esters is 1. The van der Waals surface area contributed by atoms with Crippen LogP contribution in [0.4, 0.5) is 0 Å². The molecule has 0 heterocycles. The van der Waals surface area contributed by atoms with E-state index in [-0.39, 0.29) is 18.4 Å². The molecule has 0 fully saturated rings. The lowest BCUT2D eigenvalue weighted by molar-refractivity contribution is -0.139. The largest absolute Gasteiger partial charge is 0.469 e. The number of rotatable bonds is 5. The SMILES string of the molecule is COC(=O)Cc1ccc(C(N=[N+]=[N-])c2ccccc2)cc1. The molecule has 0 radical (unpaired) electrons. The van der Waals surface area contributed by atoms with Crippen LogP contribution in [0.15, 0.2) is 59.7 Å². The van der Waals surface area contributed by atoms with Crippen molar-refractivity contribution in [2.45, 2.75) is 12.5 Å². The third-order valence-electron chi connectivity index (χ3n) is 3.15. The van der Waals surface area contributed by atoms with Crippen LogP contribution in [0.5, 0.6) is 0 Å². The third-order valence-corrected chi connectivity index (χ3v) is 3.15. The first-order valence-electron chi connectivity index (χ1n) is 6.49. The fourth-order valence-electron chi connectivity index (χ4n) is 2.07. The minimum absolute atomic E-state index is 0.230. The number of azide groups is 1. The van der Waals surface area contributed by atoms with Gasteiger partial charge in [-0.25, -0.2) is 0 Å². The predicted molar refractivity (Wildman–Crippen MR) is 79.6 cm³/mol. The zero-order valence-corrected chi connectivity index (χ0v) is 11.6. The van der Waals surface area contributed by atoms with Gasteiger partial charge >= 0.3 is 5.97 Å². The van der Waals surface area contributed by atoms with Gasteiger partial charge < -0.3 is 4.74 Å². The molecule has 0 saturated carbocycles. The Balaban J connectivity index is 2.26. The summed E-state index contributed by atoms with van der Waals surface area (Å²) in [7, 11) is 1.36. The van der Waals surface area contributed by atoms with E-state index in [1.807, 2.05) is 54.6 Å². The number of hydrogen-bond donors (Lipinski definition) is 0. The summed E-state index contributed by atoms with van der Waals surface area (Å²) in [6, 6.07) is 16.6. The van der Waals surface area contributed by atoms with Gasteiger partial charge in [0, 0.05) is 4.91 Å². The van der Waals surface area contributed by atoms with Gasteiger partial charge in [-0.2, -0.15) is 0 Å². The van der Waals surface area contributed by atoms with Crippen LogP contribution in [0.3, 0.4) is 0 Å². The summed E-state index contributed by atoms with van der Waals surface area (Å²) in [5, 5.41) is 3.86. The molecular formula is C16H15N3O2. The van der Waals surface area contributed by atoms with Crippen molar-refractivity contribution in [2.24, 2.45) is 5.11 Å². The minimum Gasteiger partial charge on any atom is -0.469 e. The number of nitrogens with zero attached hydrogens (tertiary/aromatic N) is 3. The van der Waals surface area contributed by atoms with Crippen molar-refractivity contribution in [3.63, 3.8) is 0 Å². The summed E-state index contributed by atoms with van der Waals surface area (Å²) < 4.78 is 4.63. The molecule has 106 valence electrons. The van der Waals surface area contributed by atoms with Crippen molar-refractivity contribution in [1.82, 2.24) is 0 Å². The molecule has 0 amide bonds. The highest BCUT2D eigenvalue weighted by Gasteiger charge is 2.12. The van der Waals surface area contributed by atoms with Gasteiger partial charge in [-0.1, -0.05) is 59.7 Å². The molecule has 2 aromatic carbocycles. The van der Waals surface area contributed by atoms with E-state index >= 15 is 0 Å². The fourth-order valence-corrected chi connectivity index (χ4v) is 2.07. The first-order chi connectivity index (χ1) is 10.2. The van der Waals surface area contributed by atoms with Crippen molar-refractivity contribution < 1.29 is 9.53 Å². The summed E-state index contributed by atoms with van der Waals surface area (Å²) in [5.74, 6) is -0.280. The van der Waals surface area contributed by atoms with E-state index < -0.39 is 0 Å². The van der Waals surface area contributed by atoms with E-state index in [0.29, 0.717) is 0 Å². The molecule has 1 atom stereocenters. The second-order valence-corrected chi connectivity index (χ2v) is 4.51. The van der Waals surface area contributed by atoms with Crippen LogP contribution >= 0.6 is 0 Å². The Morgan fingerprint density at radius 3 is 2.33 bits per heavy atom. The normalized spacial score (nSPS) is 11.3. The van der Waals surface area contributed by atoms with Crippen LogP contribution < -0.4 is 0 Å². The highest BCUT2D eigenvalue weighted by Crippen LogP contribution is 2.26. The molecule has 2 rings (SSSR count). The molecule has 0 aliphatic heterocycles. The molecule has 0 aliphatic rings. The Bertz CT molecular complexity index is 647. The summed E-state index contributed by atoms with van der Waals surface area (Å²) in [6.45, 7) is 0. The van der Waals surface area contributed by atoms with Crippen molar-refractivity contribution in [3.8, 4) is 0 Å². The summed E-state index contributed by atoms with van der Waals surface area (Å²) >= 11 is 0. The number of ether oxygens (including phenoxy) is 1. The fraction of sp³-hybridized carbons (Fsp3) is 0.188. The quantitative estimate of drug-likeness (QED) is 0.362. The van der Waals surface area contributed by atoms with Crippen LogP contribution in [0.25, 0.3) is 10.4 Å². The van der Waals surface area contributed by atoms with Gasteiger partial charge in [0.15, 0.2) is 0 Å². The molecular weight excluding hydrogens is 266 g/mol. The first-order valence-corrected chi connectivity index (χ1v) is 6.49. The lowest BCUT2D eigenvalue weighted by Crippen LogP contribution is -2.04. The predicted octanol–water partition coefficient (Wildman–Crippen LogP) is 3.80. The third kappa shape index (κ3) is 3.84. The molecule has 5 heteroatoms. The summed E-state index contributed by atoms with van der Waals surface area (Å²) in [6.07, 6.45) is 0.230. The zero-order chi connectivity index (χ0) is 15.1. The smallest absolute Gasteiger partial charge is 0.309 e. The average Bonchev–Trinajstić information content (AvgIpc) is 2.54. The average molecular weight is 281 g/mol. The number of methoxy groups -OCH3 is 1. The second kappa shape index (κ2) is 7.12. The van der Waals surface area contributed by atoms with E-state index in [4.69, 9.17) is 5.53 Å². The van der Waals surface area contributed by atoms with Crippen molar-refractivity contribution >= 4 is 5.97 Å². The Hall–Kier alpha value is -2.78. The molecule has 5 nitrogen and oxygen atoms in total. The topological polar surface area (TPSA) is 75.1 Å². The Morgan fingerprint density at radius 2 is 1.76 bits per heavy atom. The maximum Gasteiger partial charge on any atom is 0.309 e. The molecule has 0 aromatic heterocycles. The molecule has 0 N–H and O–H groups in total. The maximum atomic E-state index is 11.2. The number of benzene rings is 2. The Labute approximate surface area is 122 Å². The standard InChI is InChI=1S/C16H15N3O2/c1-21-15(20)11-12-7-9-14(10-8-12)16(18-19-17)13-5-3-2-4-6-13/h2-10,16H,11H2,1H3. The van der Waals surface area contributed by atoms with Gasteiger partial charge in [-0.3, -0.25) is 4.79 Å². The Morgan fingerprint density at radius 1 is 1.14 bits per heavy atom. The van der Waals surface area contributed by atoms with Gasteiger partial charge in [0.25, 0.3) is 0 Å². The highest BCUT2D eigenvalue weighted by molar-refractivity contribution is 5.72. The second-order valence-electron chi connectivity index (χ2n) is 4.51. The number of carbonyl (C=O) groups is 1. The molecule has 0 spiro atoms. The molecule has 0 bridgehead atoms. The molecule has 21 heavy (non-hydrogen) atoms.